The summed E-state index contributed by atoms with van der Waals surface area (Å²) in [6.07, 6.45) is 2.42. The molecule has 1 amide bonds. The van der Waals surface area contributed by atoms with Gasteiger partial charge in [-0.05, 0) is 6.92 Å². The number of nitriles is 1. The summed E-state index contributed by atoms with van der Waals surface area (Å²) in [5.74, 6) is -0.565. The highest BCUT2D eigenvalue weighted by molar-refractivity contribution is 6.11. The first-order valence-corrected chi connectivity index (χ1v) is 5.33. The fourth-order valence-electron chi connectivity index (χ4n) is 1.63. The van der Waals surface area contributed by atoms with Crippen LogP contribution in [0.1, 0.15) is 11.1 Å². The lowest BCUT2D eigenvalue weighted by Crippen LogP contribution is -2.52. The van der Waals surface area contributed by atoms with Crippen molar-refractivity contribution < 1.29 is 9.90 Å². The van der Waals surface area contributed by atoms with Crippen molar-refractivity contribution >= 4 is 11.6 Å². The number of carbonyl (C=O) groups is 1. The third-order valence-corrected chi connectivity index (χ3v) is 2.56. The third-order valence-electron chi connectivity index (χ3n) is 2.56. The number of aliphatic imine (C=N–C) groups is 1. The molecule has 0 saturated heterocycles. The van der Waals surface area contributed by atoms with Gasteiger partial charge >= 0.3 is 0 Å². The second-order valence-corrected chi connectivity index (χ2v) is 3.97. The van der Waals surface area contributed by atoms with Crippen molar-refractivity contribution in [1.29, 1.82) is 5.26 Å². The van der Waals surface area contributed by atoms with Crippen LogP contribution in [-0.4, -0.2) is 22.5 Å². The Morgan fingerprint density at radius 2 is 2.06 bits per heavy atom. The molecule has 0 fully saturated rings. The van der Waals surface area contributed by atoms with Gasteiger partial charge in [-0.3, -0.25) is 9.79 Å². The van der Waals surface area contributed by atoms with Gasteiger partial charge in [0.1, 0.15) is 11.8 Å². The Morgan fingerprint density at radius 3 is 2.67 bits per heavy atom. The van der Waals surface area contributed by atoms with Gasteiger partial charge in [-0.25, -0.2) is 0 Å². The molecular formula is C13H11N3O2. The van der Waals surface area contributed by atoms with Crippen molar-refractivity contribution in [2.45, 2.75) is 12.6 Å². The summed E-state index contributed by atoms with van der Waals surface area (Å²) in [5, 5.41) is 21.4. The number of amides is 1. The Kier molecular flexibility index (Phi) is 2.96. The van der Waals surface area contributed by atoms with Crippen LogP contribution in [0.2, 0.25) is 0 Å². The molecule has 0 radical (unpaired) electrons. The molecule has 0 spiro atoms. The molecule has 18 heavy (non-hydrogen) atoms. The van der Waals surface area contributed by atoms with Crippen LogP contribution in [0.5, 0.6) is 0 Å². The molecule has 1 aliphatic heterocycles. The maximum Gasteiger partial charge on any atom is 0.273 e. The Labute approximate surface area is 104 Å². The highest BCUT2D eigenvalue weighted by Crippen LogP contribution is 2.15. The normalized spacial score (nSPS) is 22.7. The lowest BCUT2D eigenvalue weighted by molar-refractivity contribution is -0.119. The summed E-state index contributed by atoms with van der Waals surface area (Å²) in [4.78, 5) is 15.3. The van der Waals surface area contributed by atoms with Gasteiger partial charge in [0.2, 0.25) is 5.91 Å². The molecule has 0 saturated carbocycles. The molecule has 0 aromatic heterocycles. The van der Waals surface area contributed by atoms with Gasteiger partial charge in [0, 0.05) is 17.8 Å². The van der Waals surface area contributed by atoms with E-state index in [2.05, 4.69) is 10.3 Å². The van der Waals surface area contributed by atoms with Gasteiger partial charge in [0.15, 0.2) is 0 Å². The molecule has 0 bridgehead atoms. The number of aliphatic hydroxyl groups is 1. The van der Waals surface area contributed by atoms with Gasteiger partial charge in [0.25, 0.3) is 5.72 Å². The quantitative estimate of drug-likeness (QED) is 0.707. The van der Waals surface area contributed by atoms with Gasteiger partial charge in [-0.15, -0.1) is 0 Å². The SMILES string of the molecule is Cc1ccc(C2=NC=CC(=O)NC2(O)C#N)cc1. The lowest BCUT2D eigenvalue weighted by atomic mass is 9.99. The summed E-state index contributed by atoms with van der Waals surface area (Å²) < 4.78 is 0. The highest BCUT2D eigenvalue weighted by Gasteiger charge is 2.36. The summed E-state index contributed by atoms with van der Waals surface area (Å²) in [6, 6.07) is 8.82. The molecular weight excluding hydrogens is 230 g/mol. The second-order valence-electron chi connectivity index (χ2n) is 3.97. The number of carbonyl (C=O) groups excluding carboxylic acids is 1. The Balaban J connectivity index is 2.50. The van der Waals surface area contributed by atoms with Gasteiger partial charge in [-0.1, -0.05) is 29.8 Å². The van der Waals surface area contributed by atoms with E-state index in [9.17, 15) is 9.90 Å². The average Bonchev–Trinajstić information content (AvgIpc) is 2.50. The minimum atomic E-state index is -2.12. The van der Waals surface area contributed by atoms with Crippen molar-refractivity contribution in [2.24, 2.45) is 4.99 Å². The number of rotatable bonds is 1. The molecule has 1 atom stereocenters. The van der Waals surface area contributed by atoms with E-state index in [0.29, 0.717) is 5.56 Å². The van der Waals surface area contributed by atoms with Crippen LogP contribution < -0.4 is 5.32 Å². The second kappa shape index (κ2) is 4.43. The number of hydrogen-bond acceptors (Lipinski definition) is 4. The smallest absolute Gasteiger partial charge is 0.273 e. The predicted octanol–water partition coefficient (Wildman–Crippen LogP) is 0.640. The Morgan fingerprint density at radius 1 is 1.39 bits per heavy atom. The molecule has 2 rings (SSSR count). The van der Waals surface area contributed by atoms with Crippen LogP contribution in [0.4, 0.5) is 0 Å². The van der Waals surface area contributed by atoms with E-state index in [-0.39, 0.29) is 5.71 Å². The van der Waals surface area contributed by atoms with Gasteiger partial charge in [-0.2, -0.15) is 5.26 Å². The van der Waals surface area contributed by atoms with E-state index >= 15 is 0 Å². The average molecular weight is 241 g/mol. The first-order valence-electron chi connectivity index (χ1n) is 5.33. The number of aryl methyl sites for hydroxylation is 1. The van der Waals surface area contributed by atoms with E-state index in [1.54, 1.807) is 18.2 Å². The first-order chi connectivity index (χ1) is 8.55. The molecule has 5 heteroatoms. The van der Waals surface area contributed by atoms with E-state index in [1.165, 1.54) is 6.20 Å². The van der Waals surface area contributed by atoms with E-state index < -0.39 is 11.6 Å². The third kappa shape index (κ3) is 2.14. The molecule has 1 unspecified atom stereocenters. The van der Waals surface area contributed by atoms with Crippen LogP contribution in [0.15, 0.2) is 41.5 Å². The molecule has 1 heterocycles. The zero-order valence-electron chi connectivity index (χ0n) is 9.71. The summed E-state index contributed by atoms with van der Waals surface area (Å²) in [6.45, 7) is 1.93. The topological polar surface area (TPSA) is 85.5 Å². The van der Waals surface area contributed by atoms with E-state index in [4.69, 9.17) is 5.26 Å². The molecule has 1 aliphatic rings. The Hall–Kier alpha value is -2.45. The minimum absolute atomic E-state index is 0.104. The maximum absolute atomic E-state index is 11.3. The maximum atomic E-state index is 11.3. The van der Waals surface area contributed by atoms with E-state index in [0.717, 1.165) is 11.6 Å². The van der Waals surface area contributed by atoms with Crippen LogP contribution in [0.3, 0.4) is 0 Å². The lowest BCUT2D eigenvalue weighted by Gasteiger charge is -2.21. The largest absolute Gasteiger partial charge is 0.354 e. The van der Waals surface area contributed by atoms with Crippen molar-refractivity contribution in [1.82, 2.24) is 5.32 Å². The number of nitrogens with zero attached hydrogens (tertiary/aromatic N) is 2. The zero-order valence-corrected chi connectivity index (χ0v) is 9.71. The molecule has 1 aromatic rings. The number of benzene rings is 1. The predicted molar refractivity (Wildman–Crippen MR) is 65.6 cm³/mol. The van der Waals surface area contributed by atoms with Crippen molar-refractivity contribution in [3.63, 3.8) is 0 Å². The standard InChI is InChI=1S/C13H11N3O2/c1-9-2-4-10(5-3-9)12-13(18,8-14)16-11(17)6-7-15-12/h2-7,18H,1H3,(H,16,17). The molecule has 90 valence electrons. The van der Waals surface area contributed by atoms with Crippen molar-refractivity contribution in [3.05, 3.63) is 47.7 Å². The monoisotopic (exact) mass is 241 g/mol. The zero-order chi connectivity index (χ0) is 13.2. The molecule has 0 aliphatic carbocycles. The van der Waals surface area contributed by atoms with Crippen LogP contribution >= 0.6 is 0 Å². The van der Waals surface area contributed by atoms with E-state index in [1.807, 2.05) is 19.1 Å². The first kappa shape index (κ1) is 12.0. The minimum Gasteiger partial charge on any atom is -0.354 e. The fraction of sp³-hybridized carbons (Fsp3) is 0.154. The summed E-state index contributed by atoms with van der Waals surface area (Å²) in [5.41, 5.74) is -0.382. The van der Waals surface area contributed by atoms with Crippen LogP contribution in [0, 0.1) is 18.3 Å². The van der Waals surface area contributed by atoms with Gasteiger partial charge in [0.05, 0.1) is 0 Å². The van der Waals surface area contributed by atoms with Crippen LogP contribution in [-0.2, 0) is 4.79 Å². The fourth-order valence-corrected chi connectivity index (χ4v) is 1.63. The van der Waals surface area contributed by atoms with Crippen LogP contribution in [0.25, 0.3) is 0 Å². The van der Waals surface area contributed by atoms with Crippen molar-refractivity contribution in [2.75, 3.05) is 0 Å². The highest BCUT2D eigenvalue weighted by atomic mass is 16.3. The molecule has 2 N–H and O–H groups in total. The number of hydrogen-bond donors (Lipinski definition) is 2. The summed E-state index contributed by atoms with van der Waals surface area (Å²) in [7, 11) is 0. The Bertz CT molecular complexity index is 581. The number of nitrogens with one attached hydrogen (secondary N) is 1. The van der Waals surface area contributed by atoms with Gasteiger partial charge < -0.3 is 10.4 Å². The van der Waals surface area contributed by atoms with Crippen molar-refractivity contribution in [3.8, 4) is 6.07 Å². The summed E-state index contributed by atoms with van der Waals surface area (Å²) >= 11 is 0. The molecule has 1 aromatic carbocycles. The molecule has 5 nitrogen and oxygen atoms in total.